The summed E-state index contributed by atoms with van der Waals surface area (Å²) in [5.74, 6) is 0.554. The van der Waals surface area contributed by atoms with Crippen molar-refractivity contribution in [3.8, 4) is 5.75 Å². The van der Waals surface area contributed by atoms with Gasteiger partial charge in [-0.15, -0.1) is 0 Å². The van der Waals surface area contributed by atoms with Gasteiger partial charge in [0.25, 0.3) is 0 Å². The molecular formula is C11H12ClNO3. The lowest BCUT2D eigenvalue weighted by atomic mass is 10.1. The summed E-state index contributed by atoms with van der Waals surface area (Å²) < 4.78 is 4.99. The lowest BCUT2D eigenvalue weighted by Crippen LogP contribution is -1.96. The average Bonchev–Trinajstić information content (AvgIpc) is 2.25. The summed E-state index contributed by atoms with van der Waals surface area (Å²) in [6, 6.07) is 5.05. The minimum Gasteiger partial charge on any atom is -0.495 e. The molecule has 0 spiro atoms. The summed E-state index contributed by atoms with van der Waals surface area (Å²) in [6.45, 7) is 1.74. The molecule has 4 nitrogen and oxygen atoms in total. The highest BCUT2D eigenvalue weighted by Crippen LogP contribution is 2.26. The van der Waals surface area contributed by atoms with Gasteiger partial charge in [-0.3, -0.25) is 10.1 Å². The largest absolute Gasteiger partial charge is 0.495 e. The van der Waals surface area contributed by atoms with Crippen LogP contribution in [-0.2, 0) is 0 Å². The third kappa shape index (κ3) is 2.97. The topological polar surface area (TPSA) is 52.4 Å². The van der Waals surface area contributed by atoms with Crippen molar-refractivity contribution >= 4 is 17.7 Å². The standard InChI is InChI=1S/C11H12ClNO3/c1-3-9(13(14)15)6-8-4-5-11(16-2)10(12)7-8/h4-7H,3H2,1-2H3. The van der Waals surface area contributed by atoms with E-state index < -0.39 is 4.92 Å². The van der Waals surface area contributed by atoms with E-state index in [2.05, 4.69) is 0 Å². The van der Waals surface area contributed by atoms with Crippen molar-refractivity contribution in [2.24, 2.45) is 0 Å². The third-order valence-corrected chi connectivity index (χ3v) is 2.40. The Morgan fingerprint density at radius 3 is 2.75 bits per heavy atom. The maximum absolute atomic E-state index is 10.6. The lowest BCUT2D eigenvalue weighted by Gasteiger charge is -2.03. The van der Waals surface area contributed by atoms with E-state index in [1.54, 1.807) is 25.1 Å². The van der Waals surface area contributed by atoms with E-state index in [9.17, 15) is 10.1 Å². The number of nitro groups is 1. The number of rotatable bonds is 4. The zero-order valence-electron chi connectivity index (χ0n) is 9.07. The van der Waals surface area contributed by atoms with Crippen LogP contribution in [0.1, 0.15) is 18.9 Å². The first-order valence-electron chi connectivity index (χ1n) is 4.77. The first kappa shape index (κ1) is 12.5. The molecule has 0 amide bonds. The molecule has 0 aliphatic heterocycles. The molecule has 1 rings (SSSR count). The van der Waals surface area contributed by atoms with Gasteiger partial charge < -0.3 is 4.74 Å². The number of hydrogen-bond donors (Lipinski definition) is 0. The van der Waals surface area contributed by atoms with E-state index in [1.165, 1.54) is 13.2 Å². The SMILES string of the molecule is CCC(=Cc1ccc(OC)c(Cl)c1)[N+](=O)[O-]. The van der Waals surface area contributed by atoms with E-state index in [4.69, 9.17) is 16.3 Å². The van der Waals surface area contributed by atoms with E-state index in [0.717, 1.165) is 0 Å². The Balaban J connectivity index is 3.06. The predicted octanol–water partition coefficient (Wildman–Crippen LogP) is 3.38. The molecule has 5 heteroatoms. The fraction of sp³-hybridized carbons (Fsp3) is 0.273. The number of halogens is 1. The van der Waals surface area contributed by atoms with Crippen molar-refractivity contribution < 1.29 is 9.66 Å². The van der Waals surface area contributed by atoms with Crippen molar-refractivity contribution in [1.29, 1.82) is 0 Å². The highest BCUT2D eigenvalue weighted by molar-refractivity contribution is 6.32. The molecule has 0 atom stereocenters. The summed E-state index contributed by atoms with van der Waals surface area (Å²) in [5, 5.41) is 11.1. The van der Waals surface area contributed by atoms with Crippen molar-refractivity contribution in [2.45, 2.75) is 13.3 Å². The second kappa shape index (κ2) is 5.51. The molecule has 0 unspecified atom stereocenters. The van der Waals surface area contributed by atoms with Gasteiger partial charge >= 0.3 is 0 Å². The van der Waals surface area contributed by atoms with Crippen LogP contribution < -0.4 is 4.74 Å². The number of ether oxygens (including phenoxy) is 1. The maximum Gasteiger partial charge on any atom is 0.246 e. The molecular weight excluding hydrogens is 230 g/mol. The highest BCUT2D eigenvalue weighted by Gasteiger charge is 2.08. The average molecular weight is 242 g/mol. The second-order valence-electron chi connectivity index (χ2n) is 3.14. The molecule has 16 heavy (non-hydrogen) atoms. The Kier molecular flexibility index (Phi) is 4.31. The quantitative estimate of drug-likeness (QED) is 0.600. The molecule has 1 aromatic carbocycles. The summed E-state index contributed by atoms with van der Waals surface area (Å²) in [5.41, 5.74) is 0.848. The number of methoxy groups -OCH3 is 1. The molecule has 0 saturated heterocycles. The Morgan fingerprint density at radius 2 is 2.31 bits per heavy atom. The van der Waals surface area contributed by atoms with Gasteiger partial charge in [-0.25, -0.2) is 0 Å². The van der Waals surface area contributed by atoms with Crippen molar-refractivity contribution in [3.05, 3.63) is 44.6 Å². The zero-order valence-corrected chi connectivity index (χ0v) is 9.82. The van der Waals surface area contributed by atoms with Gasteiger partial charge in [-0.2, -0.15) is 0 Å². The number of allylic oxidation sites excluding steroid dienone is 1. The van der Waals surface area contributed by atoms with E-state index in [1.807, 2.05) is 0 Å². The fourth-order valence-corrected chi connectivity index (χ4v) is 1.51. The maximum atomic E-state index is 10.6. The fourth-order valence-electron chi connectivity index (χ4n) is 1.25. The number of hydrogen-bond acceptors (Lipinski definition) is 3. The molecule has 0 radical (unpaired) electrons. The van der Waals surface area contributed by atoms with Crippen LogP contribution in [0.5, 0.6) is 5.75 Å². The lowest BCUT2D eigenvalue weighted by molar-refractivity contribution is -0.425. The molecule has 0 aromatic heterocycles. The van der Waals surface area contributed by atoms with E-state index in [0.29, 0.717) is 22.8 Å². The van der Waals surface area contributed by atoms with Crippen LogP contribution in [0.25, 0.3) is 6.08 Å². The molecule has 86 valence electrons. The minimum atomic E-state index is -0.391. The molecule has 0 aliphatic carbocycles. The van der Waals surface area contributed by atoms with Crippen LogP contribution in [0.2, 0.25) is 5.02 Å². The monoisotopic (exact) mass is 241 g/mol. The third-order valence-electron chi connectivity index (χ3n) is 2.11. The highest BCUT2D eigenvalue weighted by atomic mass is 35.5. The van der Waals surface area contributed by atoms with E-state index in [-0.39, 0.29) is 5.70 Å². The summed E-state index contributed by atoms with van der Waals surface area (Å²) >= 11 is 5.91. The van der Waals surface area contributed by atoms with Crippen LogP contribution in [0.4, 0.5) is 0 Å². The van der Waals surface area contributed by atoms with Gasteiger partial charge in [0, 0.05) is 12.5 Å². The second-order valence-corrected chi connectivity index (χ2v) is 3.55. The van der Waals surface area contributed by atoms with Crippen LogP contribution in [-0.4, -0.2) is 12.0 Å². The van der Waals surface area contributed by atoms with Crippen molar-refractivity contribution in [1.82, 2.24) is 0 Å². The molecule has 0 saturated carbocycles. The predicted molar refractivity (Wildman–Crippen MR) is 63.3 cm³/mol. The molecule has 0 heterocycles. The molecule has 0 aliphatic rings. The van der Waals surface area contributed by atoms with Crippen molar-refractivity contribution in [2.75, 3.05) is 7.11 Å². The molecule has 1 aromatic rings. The Bertz CT molecular complexity index is 429. The zero-order chi connectivity index (χ0) is 12.1. The molecule has 0 bridgehead atoms. The first-order valence-corrected chi connectivity index (χ1v) is 5.14. The van der Waals surface area contributed by atoms with Gasteiger partial charge in [0.15, 0.2) is 0 Å². The summed E-state index contributed by atoms with van der Waals surface area (Å²) in [4.78, 5) is 10.2. The Labute approximate surface area is 98.6 Å². The smallest absolute Gasteiger partial charge is 0.246 e. The number of nitrogens with zero attached hydrogens (tertiary/aromatic N) is 1. The van der Waals surface area contributed by atoms with Gasteiger partial charge in [0.1, 0.15) is 5.75 Å². The van der Waals surface area contributed by atoms with Gasteiger partial charge in [0.2, 0.25) is 5.70 Å². The van der Waals surface area contributed by atoms with Gasteiger partial charge in [0.05, 0.1) is 17.1 Å². The number of benzene rings is 1. The van der Waals surface area contributed by atoms with Crippen LogP contribution in [0.3, 0.4) is 0 Å². The van der Waals surface area contributed by atoms with E-state index >= 15 is 0 Å². The van der Waals surface area contributed by atoms with Gasteiger partial charge in [-0.05, 0) is 17.7 Å². The minimum absolute atomic E-state index is 0.154. The van der Waals surface area contributed by atoms with Gasteiger partial charge in [-0.1, -0.05) is 24.6 Å². The summed E-state index contributed by atoms with van der Waals surface area (Å²) in [7, 11) is 1.52. The molecule has 0 fully saturated rings. The van der Waals surface area contributed by atoms with Crippen molar-refractivity contribution in [3.63, 3.8) is 0 Å². The van der Waals surface area contributed by atoms with Crippen LogP contribution in [0.15, 0.2) is 23.9 Å². The Morgan fingerprint density at radius 1 is 1.62 bits per heavy atom. The van der Waals surface area contributed by atoms with Crippen LogP contribution >= 0.6 is 11.6 Å². The van der Waals surface area contributed by atoms with Crippen LogP contribution in [0, 0.1) is 10.1 Å². The molecule has 0 N–H and O–H groups in total. The first-order chi connectivity index (χ1) is 7.58. The summed E-state index contributed by atoms with van der Waals surface area (Å²) in [6.07, 6.45) is 1.88. The Hall–Kier alpha value is -1.55. The normalized spacial score (nSPS) is 11.3.